The Balaban J connectivity index is 1.06. The number of aliphatic hydroxyl groups is 1. The molecule has 50 heavy (non-hydrogen) atoms. The number of nitrogens with zero attached hydrogens (tertiary/aromatic N) is 6. The van der Waals surface area contributed by atoms with E-state index in [0.29, 0.717) is 59.1 Å². The van der Waals surface area contributed by atoms with Crippen molar-refractivity contribution in [2.24, 2.45) is 12.5 Å². The van der Waals surface area contributed by atoms with Crippen LogP contribution >= 0.6 is 0 Å². The molecule has 4 aliphatic rings. The van der Waals surface area contributed by atoms with E-state index < -0.39 is 12.4 Å². The topological polar surface area (TPSA) is 108 Å². The van der Waals surface area contributed by atoms with Crippen LogP contribution in [0.2, 0.25) is 0 Å². The zero-order valence-corrected chi connectivity index (χ0v) is 29.1. The third-order valence-electron chi connectivity index (χ3n) is 10.9. The van der Waals surface area contributed by atoms with Gasteiger partial charge in [0.2, 0.25) is 0 Å². The van der Waals surface area contributed by atoms with E-state index in [2.05, 4.69) is 45.4 Å². The van der Waals surface area contributed by atoms with E-state index in [1.165, 1.54) is 28.0 Å². The Morgan fingerprint density at radius 2 is 1.88 bits per heavy atom. The number of fused-ring (bicyclic) bond motifs is 3. The second kappa shape index (κ2) is 12.4. The van der Waals surface area contributed by atoms with Crippen LogP contribution < -0.4 is 20.7 Å². The first-order valence-electron chi connectivity index (χ1n) is 17.5. The maximum atomic E-state index is 15.4. The summed E-state index contributed by atoms with van der Waals surface area (Å²) in [6, 6.07) is 11.0. The molecule has 3 aromatic heterocycles. The lowest BCUT2D eigenvalue weighted by molar-refractivity contribution is -0.0691. The molecule has 6 heterocycles. The van der Waals surface area contributed by atoms with Gasteiger partial charge in [-0.05, 0) is 72.7 Å². The minimum atomic E-state index is -0.540. The predicted molar refractivity (Wildman–Crippen MR) is 191 cm³/mol. The standard InChI is InChI=1S/C38H44FN7O4/c1-23-18-43(28-21-50-22-28)7-8-44(23)27-5-6-35(40-17-27)41-31-11-25(19-42(4)36(31)48)29-13-26(39)14-32(30(29)20-47)46-10-9-45-33(37(46)49)12-24-15-38(2,3)16-34(24)45/h5-6,11-14,17,19,23,28,47H,7-10,15-16,18,20-22H2,1-4H3,(H,40,41)/t23-/m1/s1. The summed E-state index contributed by atoms with van der Waals surface area (Å²) in [6.07, 6.45) is 5.27. The first-order chi connectivity index (χ1) is 24.0. The fourth-order valence-corrected chi connectivity index (χ4v) is 8.28. The number of hydrogen-bond acceptors (Lipinski definition) is 8. The molecule has 1 aromatic carbocycles. The van der Waals surface area contributed by atoms with Gasteiger partial charge in [0.25, 0.3) is 11.5 Å². The van der Waals surface area contributed by atoms with Crippen LogP contribution in [0.1, 0.15) is 48.1 Å². The van der Waals surface area contributed by atoms with Crippen LogP contribution in [0, 0.1) is 11.2 Å². The van der Waals surface area contributed by atoms with E-state index in [4.69, 9.17) is 4.74 Å². The Labute approximate surface area is 290 Å². The summed E-state index contributed by atoms with van der Waals surface area (Å²) in [4.78, 5) is 38.2. The summed E-state index contributed by atoms with van der Waals surface area (Å²) in [5, 5.41) is 13.8. The number of halogens is 1. The summed E-state index contributed by atoms with van der Waals surface area (Å²) in [5.41, 5.74) is 5.84. The van der Waals surface area contributed by atoms with E-state index in [1.807, 2.05) is 24.4 Å². The monoisotopic (exact) mass is 681 g/mol. The largest absolute Gasteiger partial charge is 0.392 e. The van der Waals surface area contributed by atoms with Gasteiger partial charge in [-0.1, -0.05) is 13.8 Å². The van der Waals surface area contributed by atoms with Gasteiger partial charge >= 0.3 is 0 Å². The van der Waals surface area contributed by atoms with Crippen molar-refractivity contribution < 1.29 is 19.0 Å². The van der Waals surface area contributed by atoms with Crippen LogP contribution in [-0.4, -0.2) is 81.5 Å². The second-order valence-electron chi connectivity index (χ2n) is 15.1. The number of anilines is 4. The van der Waals surface area contributed by atoms with E-state index in [-0.39, 0.29) is 22.6 Å². The molecule has 3 aliphatic heterocycles. The van der Waals surface area contributed by atoms with Crippen LogP contribution in [-0.2, 0) is 37.8 Å². The number of amides is 1. The number of piperazine rings is 1. The van der Waals surface area contributed by atoms with E-state index >= 15 is 4.39 Å². The van der Waals surface area contributed by atoms with Gasteiger partial charge in [0, 0.05) is 68.8 Å². The summed E-state index contributed by atoms with van der Waals surface area (Å²) in [6.45, 7) is 11.7. The molecule has 0 radical (unpaired) electrons. The molecule has 0 saturated carbocycles. The van der Waals surface area contributed by atoms with Gasteiger partial charge in [-0.2, -0.15) is 0 Å². The first kappa shape index (κ1) is 32.7. The van der Waals surface area contributed by atoms with Gasteiger partial charge in [0.05, 0.1) is 43.4 Å². The molecule has 12 heteroatoms. The number of aliphatic hydroxyl groups excluding tert-OH is 1. The lowest BCUT2D eigenvalue weighted by atomic mass is 9.90. The minimum Gasteiger partial charge on any atom is -0.392 e. The van der Waals surface area contributed by atoms with Gasteiger partial charge in [0.1, 0.15) is 23.0 Å². The molecule has 2 fully saturated rings. The highest BCUT2D eigenvalue weighted by Crippen LogP contribution is 2.41. The molecule has 0 bridgehead atoms. The quantitative estimate of drug-likeness (QED) is 0.297. The Morgan fingerprint density at radius 1 is 1.06 bits per heavy atom. The number of rotatable bonds is 7. The molecule has 11 nitrogen and oxygen atoms in total. The normalized spacial score (nSPS) is 20.5. The Bertz CT molecular complexity index is 2030. The van der Waals surface area contributed by atoms with Crippen molar-refractivity contribution in [1.82, 2.24) is 19.0 Å². The zero-order chi connectivity index (χ0) is 34.9. The fraction of sp³-hybridized carbons (Fsp3) is 0.447. The van der Waals surface area contributed by atoms with Gasteiger partial charge in [0.15, 0.2) is 0 Å². The molecule has 1 amide bonds. The van der Waals surface area contributed by atoms with Crippen molar-refractivity contribution in [2.45, 2.75) is 58.8 Å². The number of aromatic nitrogens is 3. The molecular formula is C38H44FN7O4. The van der Waals surface area contributed by atoms with Crippen molar-refractivity contribution in [3.05, 3.63) is 87.5 Å². The molecule has 1 aliphatic carbocycles. The van der Waals surface area contributed by atoms with Gasteiger partial charge in [-0.3, -0.25) is 14.5 Å². The van der Waals surface area contributed by atoms with E-state index in [1.54, 1.807) is 24.2 Å². The van der Waals surface area contributed by atoms with Crippen molar-refractivity contribution in [1.29, 1.82) is 0 Å². The van der Waals surface area contributed by atoms with Crippen LogP contribution in [0.15, 0.2) is 53.6 Å². The average molecular weight is 682 g/mol. The molecule has 0 unspecified atom stereocenters. The van der Waals surface area contributed by atoms with Crippen LogP contribution in [0.3, 0.4) is 0 Å². The lowest BCUT2D eigenvalue weighted by Gasteiger charge is -2.46. The highest BCUT2D eigenvalue weighted by atomic mass is 19.1. The highest BCUT2D eigenvalue weighted by Gasteiger charge is 2.37. The molecule has 2 N–H and O–H groups in total. The number of carbonyl (C=O) groups is 1. The fourth-order valence-electron chi connectivity index (χ4n) is 8.28. The Morgan fingerprint density at radius 3 is 2.58 bits per heavy atom. The SMILES string of the molecule is C[C@@H]1CN(C2COC2)CCN1c1ccc(Nc2cc(-c3cc(F)cc(N4CCn5c(cc6c5CC(C)(C)C6)C4=O)c3CO)cn(C)c2=O)nc1. The second-order valence-corrected chi connectivity index (χ2v) is 15.1. The van der Waals surface area contributed by atoms with Crippen LogP contribution in [0.5, 0.6) is 0 Å². The third kappa shape index (κ3) is 5.69. The van der Waals surface area contributed by atoms with Crippen molar-refractivity contribution in [3.8, 4) is 11.1 Å². The number of carbonyl (C=O) groups excluding carboxylic acids is 1. The molecule has 2 saturated heterocycles. The van der Waals surface area contributed by atoms with Crippen LogP contribution in [0.4, 0.5) is 27.3 Å². The van der Waals surface area contributed by atoms with Gasteiger partial charge in [-0.25, -0.2) is 9.37 Å². The highest BCUT2D eigenvalue weighted by molar-refractivity contribution is 6.07. The van der Waals surface area contributed by atoms with E-state index in [0.717, 1.165) is 51.4 Å². The van der Waals surface area contributed by atoms with E-state index in [9.17, 15) is 14.7 Å². The maximum Gasteiger partial charge on any atom is 0.274 e. The Kier molecular flexibility index (Phi) is 8.08. The number of benzene rings is 1. The Hall–Kier alpha value is -4.52. The summed E-state index contributed by atoms with van der Waals surface area (Å²) in [7, 11) is 1.63. The number of aryl methyl sites for hydroxylation is 1. The van der Waals surface area contributed by atoms with Gasteiger partial charge in [-0.15, -0.1) is 0 Å². The number of ether oxygens (including phenoxy) is 1. The smallest absolute Gasteiger partial charge is 0.274 e. The zero-order valence-electron chi connectivity index (χ0n) is 29.1. The maximum absolute atomic E-state index is 15.4. The summed E-state index contributed by atoms with van der Waals surface area (Å²) in [5.74, 6) is -0.251. The molecule has 1 atom stereocenters. The molecule has 4 aromatic rings. The van der Waals surface area contributed by atoms with Gasteiger partial charge < -0.3 is 34.1 Å². The predicted octanol–water partition coefficient (Wildman–Crippen LogP) is 4.32. The molecule has 8 rings (SSSR count). The minimum absolute atomic E-state index is 0.164. The molecule has 262 valence electrons. The number of hydrogen-bond donors (Lipinski definition) is 2. The van der Waals surface area contributed by atoms with Crippen molar-refractivity contribution in [3.63, 3.8) is 0 Å². The van der Waals surface area contributed by atoms with Crippen molar-refractivity contribution >= 4 is 28.8 Å². The molecular weight excluding hydrogens is 637 g/mol. The summed E-state index contributed by atoms with van der Waals surface area (Å²) >= 11 is 0. The first-order valence-corrected chi connectivity index (χ1v) is 17.5. The van der Waals surface area contributed by atoms with Crippen LogP contribution in [0.25, 0.3) is 11.1 Å². The average Bonchev–Trinajstić information content (AvgIpc) is 3.55. The third-order valence-corrected chi connectivity index (χ3v) is 10.9. The van der Waals surface area contributed by atoms with Crippen molar-refractivity contribution in [2.75, 3.05) is 54.5 Å². The number of nitrogens with one attached hydrogen (secondary N) is 1. The summed E-state index contributed by atoms with van der Waals surface area (Å²) < 4.78 is 24.3. The number of pyridine rings is 2. The lowest BCUT2D eigenvalue weighted by Crippen LogP contribution is -2.59. The molecule has 0 spiro atoms.